The molecular formula is C13H18N2O2. The van der Waals surface area contributed by atoms with Crippen LogP contribution in [0.25, 0.3) is 0 Å². The first-order valence-corrected chi connectivity index (χ1v) is 6.22. The fraction of sp³-hybridized carbons (Fsp3) is 0.538. The van der Waals surface area contributed by atoms with Crippen LogP contribution in [0.15, 0.2) is 24.3 Å². The fourth-order valence-corrected chi connectivity index (χ4v) is 2.33. The van der Waals surface area contributed by atoms with Crippen LogP contribution in [0.4, 0.5) is 5.69 Å². The van der Waals surface area contributed by atoms with Crippen LogP contribution in [0.1, 0.15) is 31.2 Å². The van der Waals surface area contributed by atoms with E-state index in [2.05, 4.69) is 5.32 Å². The normalized spacial score (nSPS) is 16.2. The third kappa shape index (κ3) is 3.53. The lowest BCUT2D eigenvalue weighted by Crippen LogP contribution is -2.27. The second-order valence-electron chi connectivity index (χ2n) is 4.61. The van der Waals surface area contributed by atoms with Gasteiger partial charge in [0.2, 0.25) is 0 Å². The maximum Gasteiger partial charge on any atom is 0.269 e. The smallest absolute Gasteiger partial charge is 0.269 e. The summed E-state index contributed by atoms with van der Waals surface area (Å²) >= 11 is 0. The minimum atomic E-state index is -0.361. The zero-order valence-corrected chi connectivity index (χ0v) is 9.89. The van der Waals surface area contributed by atoms with Crippen molar-refractivity contribution in [1.82, 2.24) is 5.32 Å². The maximum atomic E-state index is 10.5. The number of benzene rings is 1. The summed E-state index contributed by atoms with van der Waals surface area (Å²) in [5, 5.41) is 14.0. The number of nitrogens with one attached hydrogen (secondary N) is 1. The summed E-state index contributed by atoms with van der Waals surface area (Å²) in [5.41, 5.74) is 1.32. The monoisotopic (exact) mass is 234 g/mol. The Hall–Kier alpha value is -1.42. The quantitative estimate of drug-likeness (QED) is 0.629. The highest BCUT2D eigenvalue weighted by Crippen LogP contribution is 2.17. The van der Waals surface area contributed by atoms with Crippen LogP contribution in [0.3, 0.4) is 0 Å². The third-order valence-electron chi connectivity index (χ3n) is 3.35. The third-order valence-corrected chi connectivity index (χ3v) is 3.35. The highest BCUT2D eigenvalue weighted by atomic mass is 16.6. The van der Waals surface area contributed by atoms with Crippen LogP contribution >= 0.6 is 0 Å². The molecule has 17 heavy (non-hydrogen) atoms. The molecule has 0 saturated heterocycles. The lowest BCUT2D eigenvalue weighted by Gasteiger charge is -2.11. The molecule has 1 saturated carbocycles. The summed E-state index contributed by atoms with van der Waals surface area (Å²) in [6.07, 6.45) is 6.21. The number of nitro benzene ring substituents is 1. The van der Waals surface area contributed by atoms with Crippen LogP contribution in [0.5, 0.6) is 0 Å². The van der Waals surface area contributed by atoms with E-state index in [0.717, 1.165) is 18.5 Å². The number of hydrogen-bond acceptors (Lipinski definition) is 3. The molecule has 0 unspecified atom stereocenters. The average molecular weight is 234 g/mol. The van der Waals surface area contributed by atoms with Crippen LogP contribution in [0.2, 0.25) is 0 Å². The minimum absolute atomic E-state index is 0.164. The van der Waals surface area contributed by atoms with Gasteiger partial charge in [-0.25, -0.2) is 0 Å². The first-order chi connectivity index (χ1) is 8.25. The molecule has 4 heteroatoms. The summed E-state index contributed by atoms with van der Waals surface area (Å²) in [6, 6.07) is 7.52. The molecule has 0 atom stereocenters. The van der Waals surface area contributed by atoms with Gasteiger partial charge in [0, 0.05) is 18.2 Å². The van der Waals surface area contributed by atoms with Gasteiger partial charge in [0.05, 0.1) is 4.92 Å². The van der Waals surface area contributed by atoms with Crippen molar-refractivity contribution in [3.05, 3.63) is 39.9 Å². The maximum absolute atomic E-state index is 10.5. The van der Waals surface area contributed by atoms with Gasteiger partial charge in [0.25, 0.3) is 5.69 Å². The van der Waals surface area contributed by atoms with Crippen molar-refractivity contribution >= 4 is 5.69 Å². The van der Waals surface area contributed by atoms with Crippen LogP contribution in [-0.2, 0) is 6.42 Å². The van der Waals surface area contributed by atoms with Crippen molar-refractivity contribution in [1.29, 1.82) is 0 Å². The Kier molecular flexibility index (Phi) is 4.09. The Balaban J connectivity index is 1.76. The number of rotatable bonds is 5. The zero-order valence-electron chi connectivity index (χ0n) is 9.89. The van der Waals surface area contributed by atoms with E-state index in [4.69, 9.17) is 0 Å². The van der Waals surface area contributed by atoms with Crippen molar-refractivity contribution in [2.75, 3.05) is 6.54 Å². The molecule has 0 heterocycles. The van der Waals surface area contributed by atoms with Gasteiger partial charge >= 0.3 is 0 Å². The Morgan fingerprint density at radius 1 is 1.24 bits per heavy atom. The molecule has 1 aromatic carbocycles. The molecule has 1 N–H and O–H groups in total. The summed E-state index contributed by atoms with van der Waals surface area (Å²) in [5.74, 6) is 0. The molecule has 92 valence electrons. The molecular weight excluding hydrogens is 216 g/mol. The van der Waals surface area contributed by atoms with E-state index < -0.39 is 0 Å². The van der Waals surface area contributed by atoms with E-state index in [9.17, 15) is 10.1 Å². The molecule has 0 bridgehead atoms. The zero-order chi connectivity index (χ0) is 12.1. The molecule has 0 aliphatic heterocycles. The molecule has 0 aromatic heterocycles. The molecule has 1 aliphatic carbocycles. The Morgan fingerprint density at radius 3 is 2.47 bits per heavy atom. The number of hydrogen-bond donors (Lipinski definition) is 1. The van der Waals surface area contributed by atoms with Crippen molar-refractivity contribution in [2.45, 2.75) is 38.1 Å². The van der Waals surface area contributed by atoms with Crippen molar-refractivity contribution < 1.29 is 4.92 Å². The minimum Gasteiger partial charge on any atom is -0.314 e. The highest BCUT2D eigenvalue weighted by Gasteiger charge is 2.13. The van der Waals surface area contributed by atoms with E-state index in [1.54, 1.807) is 12.1 Å². The number of non-ortho nitro benzene ring substituents is 1. The first-order valence-electron chi connectivity index (χ1n) is 6.22. The second kappa shape index (κ2) is 5.77. The molecule has 1 aromatic rings. The van der Waals surface area contributed by atoms with Gasteiger partial charge in [0.1, 0.15) is 0 Å². The van der Waals surface area contributed by atoms with E-state index in [1.165, 1.54) is 25.7 Å². The van der Waals surface area contributed by atoms with Gasteiger partial charge in [-0.3, -0.25) is 10.1 Å². The summed E-state index contributed by atoms with van der Waals surface area (Å²) in [4.78, 5) is 10.1. The van der Waals surface area contributed by atoms with Crippen molar-refractivity contribution in [2.24, 2.45) is 0 Å². The molecule has 0 spiro atoms. The highest BCUT2D eigenvalue weighted by molar-refractivity contribution is 5.32. The van der Waals surface area contributed by atoms with Crippen molar-refractivity contribution in [3.63, 3.8) is 0 Å². The molecule has 2 rings (SSSR count). The SMILES string of the molecule is O=[N+]([O-])c1ccc(CCNC2CCCC2)cc1. The topological polar surface area (TPSA) is 55.2 Å². The Morgan fingerprint density at radius 2 is 1.88 bits per heavy atom. The first kappa shape index (κ1) is 12.0. The Labute approximate surface area is 101 Å². The average Bonchev–Trinajstić information content (AvgIpc) is 2.83. The van der Waals surface area contributed by atoms with Crippen molar-refractivity contribution in [3.8, 4) is 0 Å². The molecule has 0 amide bonds. The second-order valence-corrected chi connectivity index (χ2v) is 4.61. The van der Waals surface area contributed by atoms with E-state index in [0.29, 0.717) is 6.04 Å². The van der Waals surface area contributed by atoms with Crippen LogP contribution < -0.4 is 5.32 Å². The largest absolute Gasteiger partial charge is 0.314 e. The van der Waals surface area contributed by atoms with Gasteiger partial charge in [-0.15, -0.1) is 0 Å². The van der Waals surface area contributed by atoms with E-state index in [1.807, 2.05) is 12.1 Å². The number of nitro groups is 1. The standard InChI is InChI=1S/C13H18N2O2/c16-15(17)13-7-5-11(6-8-13)9-10-14-12-3-1-2-4-12/h5-8,12,14H,1-4,9-10H2. The number of nitrogens with zero attached hydrogens (tertiary/aromatic N) is 1. The molecule has 4 nitrogen and oxygen atoms in total. The van der Waals surface area contributed by atoms with Gasteiger partial charge in [0.15, 0.2) is 0 Å². The van der Waals surface area contributed by atoms with Gasteiger partial charge in [-0.1, -0.05) is 25.0 Å². The summed E-state index contributed by atoms with van der Waals surface area (Å²) in [6.45, 7) is 0.961. The van der Waals surface area contributed by atoms with Crippen LogP contribution in [-0.4, -0.2) is 17.5 Å². The predicted molar refractivity (Wildman–Crippen MR) is 67.1 cm³/mol. The lowest BCUT2D eigenvalue weighted by atomic mass is 10.1. The Bertz CT molecular complexity index is 370. The van der Waals surface area contributed by atoms with Gasteiger partial charge in [-0.2, -0.15) is 0 Å². The summed E-state index contributed by atoms with van der Waals surface area (Å²) < 4.78 is 0. The van der Waals surface area contributed by atoms with Gasteiger partial charge in [-0.05, 0) is 31.4 Å². The van der Waals surface area contributed by atoms with E-state index >= 15 is 0 Å². The fourth-order valence-electron chi connectivity index (χ4n) is 2.33. The van der Waals surface area contributed by atoms with Gasteiger partial charge < -0.3 is 5.32 Å². The summed E-state index contributed by atoms with van der Waals surface area (Å²) in [7, 11) is 0. The predicted octanol–water partition coefficient (Wildman–Crippen LogP) is 2.67. The molecule has 1 fully saturated rings. The lowest BCUT2D eigenvalue weighted by molar-refractivity contribution is -0.384. The molecule has 0 radical (unpaired) electrons. The van der Waals surface area contributed by atoms with Crippen LogP contribution in [0, 0.1) is 10.1 Å². The van der Waals surface area contributed by atoms with E-state index in [-0.39, 0.29) is 10.6 Å². The molecule has 1 aliphatic rings.